The maximum atomic E-state index is 12.1. The summed E-state index contributed by atoms with van der Waals surface area (Å²) in [6, 6.07) is 17.9. The zero-order chi connectivity index (χ0) is 15.1. The number of carbonyl (C=O) groups excluding carboxylic acids is 1. The third-order valence-corrected chi connectivity index (χ3v) is 3.86. The molecule has 1 amide bonds. The number of hydrogen-bond donors (Lipinski definition) is 2. The summed E-state index contributed by atoms with van der Waals surface area (Å²) in [5, 5.41) is 2.94. The first kappa shape index (κ1) is 15.7. The minimum absolute atomic E-state index is 0.0464. The second-order valence-electron chi connectivity index (χ2n) is 5.00. The highest BCUT2D eigenvalue weighted by Gasteiger charge is 2.13. The highest BCUT2D eigenvalue weighted by atomic mass is 79.9. The van der Waals surface area contributed by atoms with E-state index in [1.807, 2.05) is 42.5 Å². The van der Waals surface area contributed by atoms with Crippen molar-refractivity contribution in [2.75, 3.05) is 18.4 Å². The van der Waals surface area contributed by atoms with Gasteiger partial charge in [-0.25, -0.2) is 0 Å². The van der Waals surface area contributed by atoms with Gasteiger partial charge in [-0.2, -0.15) is 0 Å². The lowest BCUT2D eigenvalue weighted by Gasteiger charge is -2.17. The van der Waals surface area contributed by atoms with Gasteiger partial charge in [0, 0.05) is 15.7 Å². The van der Waals surface area contributed by atoms with Crippen LogP contribution in [0.25, 0.3) is 0 Å². The largest absolute Gasteiger partial charge is 0.324 e. The summed E-state index contributed by atoms with van der Waals surface area (Å²) in [6.07, 6.45) is 0. The van der Waals surface area contributed by atoms with Gasteiger partial charge in [-0.3, -0.25) is 4.79 Å². The van der Waals surface area contributed by atoms with Gasteiger partial charge in [-0.1, -0.05) is 46.3 Å². The third-order valence-electron chi connectivity index (χ3n) is 3.34. The molecule has 2 N–H and O–H groups in total. The van der Waals surface area contributed by atoms with Gasteiger partial charge in [0.25, 0.3) is 5.91 Å². The van der Waals surface area contributed by atoms with E-state index in [2.05, 4.69) is 40.3 Å². The van der Waals surface area contributed by atoms with Gasteiger partial charge in [0.1, 0.15) is 6.54 Å². The molecule has 1 atom stereocenters. The lowest BCUT2D eigenvalue weighted by Crippen LogP contribution is -3.11. The topological polar surface area (TPSA) is 33.5 Å². The monoisotopic (exact) mass is 347 g/mol. The third kappa shape index (κ3) is 5.33. The van der Waals surface area contributed by atoms with Gasteiger partial charge in [0.05, 0.1) is 6.54 Å². The molecule has 0 saturated heterocycles. The molecule has 2 rings (SSSR count). The Balaban J connectivity index is 1.89. The molecule has 0 aliphatic rings. The first-order chi connectivity index (χ1) is 10.2. The zero-order valence-corrected chi connectivity index (χ0v) is 13.7. The average molecular weight is 348 g/mol. The fourth-order valence-corrected chi connectivity index (χ4v) is 2.43. The molecule has 0 heterocycles. The molecule has 3 nitrogen and oxygen atoms in total. The number of hydrogen-bond acceptors (Lipinski definition) is 1. The maximum Gasteiger partial charge on any atom is 0.279 e. The lowest BCUT2D eigenvalue weighted by atomic mass is 10.2. The van der Waals surface area contributed by atoms with E-state index in [9.17, 15) is 4.79 Å². The van der Waals surface area contributed by atoms with Crippen molar-refractivity contribution in [3.8, 4) is 0 Å². The number of quaternary nitrogens is 1. The van der Waals surface area contributed by atoms with E-state index >= 15 is 0 Å². The summed E-state index contributed by atoms with van der Waals surface area (Å²) in [4.78, 5) is 13.4. The number of benzene rings is 2. The van der Waals surface area contributed by atoms with E-state index in [-0.39, 0.29) is 5.91 Å². The van der Waals surface area contributed by atoms with E-state index < -0.39 is 0 Å². The molecule has 2 aromatic carbocycles. The molecule has 0 fully saturated rings. The van der Waals surface area contributed by atoms with E-state index in [0.717, 1.165) is 23.2 Å². The predicted molar refractivity (Wildman–Crippen MR) is 89.3 cm³/mol. The van der Waals surface area contributed by atoms with Crippen LogP contribution in [0, 0.1) is 0 Å². The Morgan fingerprint density at radius 3 is 2.38 bits per heavy atom. The second-order valence-corrected chi connectivity index (χ2v) is 5.91. The standard InChI is InChI=1S/C17H19BrN2O/c1-2-20(12-14-6-4-3-5-7-14)13-17(21)19-16-10-8-15(18)9-11-16/h3-11H,2,12-13H2,1H3,(H,19,21)/p+1. The molecule has 0 aromatic heterocycles. The highest BCUT2D eigenvalue weighted by Crippen LogP contribution is 2.13. The highest BCUT2D eigenvalue weighted by molar-refractivity contribution is 9.10. The van der Waals surface area contributed by atoms with Crippen molar-refractivity contribution in [3.63, 3.8) is 0 Å². The van der Waals surface area contributed by atoms with Crippen LogP contribution >= 0.6 is 15.9 Å². The van der Waals surface area contributed by atoms with Gasteiger partial charge >= 0.3 is 0 Å². The molecule has 110 valence electrons. The van der Waals surface area contributed by atoms with Gasteiger partial charge in [-0.05, 0) is 31.2 Å². The molecule has 0 aliphatic heterocycles. The molecular formula is C17H20BrN2O+. The first-order valence-electron chi connectivity index (χ1n) is 7.10. The molecule has 2 aromatic rings. The van der Waals surface area contributed by atoms with Gasteiger partial charge in [-0.15, -0.1) is 0 Å². The number of carbonyl (C=O) groups is 1. The fourth-order valence-electron chi connectivity index (χ4n) is 2.16. The van der Waals surface area contributed by atoms with Crippen molar-refractivity contribution in [1.29, 1.82) is 0 Å². The molecule has 4 heteroatoms. The van der Waals surface area contributed by atoms with Crippen molar-refractivity contribution < 1.29 is 9.69 Å². The van der Waals surface area contributed by atoms with Crippen molar-refractivity contribution in [2.24, 2.45) is 0 Å². The maximum absolute atomic E-state index is 12.1. The van der Waals surface area contributed by atoms with Crippen LogP contribution in [0.1, 0.15) is 12.5 Å². The minimum atomic E-state index is 0.0464. The SMILES string of the molecule is CC[NH+](CC(=O)Nc1ccc(Br)cc1)Cc1ccccc1. The Bertz CT molecular complexity index is 569. The molecular weight excluding hydrogens is 328 g/mol. The quantitative estimate of drug-likeness (QED) is 0.826. The van der Waals surface area contributed by atoms with E-state index in [4.69, 9.17) is 0 Å². The minimum Gasteiger partial charge on any atom is -0.324 e. The van der Waals surface area contributed by atoms with Crippen LogP contribution in [0.3, 0.4) is 0 Å². The normalized spacial score (nSPS) is 11.9. The molecule has 0 saturated carbocycles. The number of nitrogens with one attached hydrogen (secondary N) is 2. The average Bonchev–Trinajstić information content (AvgIpc) is 2.50. The van der Waals surface area contributed by atoms with Crippen molar-refractivity contribution >= 4 is 27.5 Å². The van der Waals surface area contributed by atoms with Crippen LogP contribution in [-0.2, 0) is 11.3 Å². The Hall–Kier alpha value is -1.65. The Labute approximate surface area is 134 Å². The van der Waals surface area contributed by atoms with Gasteiger partial charge < -0.3 is 10.2 Å². The van der Waals surface area contributed by atoms with Crippen LogP contribution in [0.4, 0.5) is 5.69 Å². The van der Waals surface area contributed by atoms with E-state index in [1.165, 1.54) is 10.5 Å². The van der Waals surface area contributed by atoms with Crippen LogP contribution in [-0.4, -0.2) is 19.0 Å². The zero-order valence-electron chi connectivity index (χ0n) is 12.1. The van der Waals surface area contributed by atoms with Crippen molar-refractivity contribution in [2.45, 2.75) is 13.5 Å². The van der Waals surface area contributed by atoms with Crippen LogP contribution < -0.4 is 10.2 Å². The summed E-state index contributed by atoms with van der Waals surface area (Å²) < 4.78 is 1.00. The molecule has 21 heavy (non-hydrogen) atoms. The number of halogens is 1. The number of rotatable bonds is 6. The Kier molecular flexibility index (Phi) is 5.96. The second kappa shape index (κ2) is 7.96. The van der Waals surface area contributed by atoms with Crippen molar-refractivity contribution in [1.82, 2.24) is 0 Å². The van der Waals surface area contributed by atoms with Crippen molar-refractivity contribution in [3.05, 3.63) is 64.6 Å². The van der Waals surface area contributed by atoms with Crippen LogP contribution in [0.2, 0.25) is 0 Å². The fraction of sp³-hybridized carbons (Fsp3) is 0.235. The molecule has 0 bridgehead atoms. The number of amides is 1. The van der Waals surface area contributed by atoms with E-state index in [0.29, 0.717) is 6.54 Å². The molecule has 0 aliphatic carbocycles. The number of likely N-dealkylation sites (N-methyl/N-ethyl adjacent to an activating group) is 1. The summed E-state index contributed by atoms with van der Waals surface area (Å²) >= 11 is 3.38. The molecule has 1 unspecified atom stereocenters. The smallest absolute Gasteiger partial charge is 0.279 e. The lowest BCUT2D eigenvalue weighted by molar-refractivity contribution is -0.903. The number of anilines is 1. The van der Waals surface area contributed by atoms with E-state index in [1.54, 1.807) is 0 Å². The molecule has 0 radical (unpaired) electrons. The molecule has 0 spiro atoms. The Morgan fingerprint density at radius 1 is 1.10 bits per heavy atom. The Morgan fingerprint density at radius 2 is 1.76 bits per heavy atom. The van der Waals surface area contributed by atoms with Gasteiger partial charge in [0.2, 0.25) is 0 Å². The summed E-state index contributed by atoms with van der Waals surface area (Å²) in [5.74, 6) is 0.0464. The van der Waals surface area contributed by atoms with Crippen LogP contribution in [0.5, 0.6) is 0 Å². The summed E-state index contributed by atoms with van der Waals surface area (Å²) in [7, 11) is 0. The summed E-state index contributed by atoms with van der Waals surface area (Å²) in [6.45, 7) is 4.36. The predicted octanol–water partition coefficient (Wildman–Crippen LogP) is 2.49. The first-order valence-corrected chi connectivity index (χ1v) is 7.89. The van der Waals surface area contributed by atoms with Crippen LogP contribution in [0.15, 0.2) is 59.1 Å². The van der Waals surface area contributed by atoms with Gasteiger partial charge in [0.15, 0.2) is 6.54 Å². The summed E-state index contributed by atoms with van der Waals surface area (Å²) in [5.41, 5.74) is 2.09.